The number of ether oxygens (including phenoxy) is 3. The Bertz CT molecular complexity index is 421. The molecule has 0 spiro atoms. The normalized spacial score (nSPS) is 42.7. The Hall–Kier alpha value is -0.980. The fraction of sp³-hybridized carbons (Fsp3) is 0.571. The topological polar surface area (TPSA) is 68.2 Å². The zero-order valence-corrected chi connectivity index (χ0v) is 10.7. The van der Waals surface area contributed by atoms with E-state index in [1.54, 1.807) is 6.92 Å². The maximum absolute atomic E-state index is 10.1. The summed E-state index contributed by atoms with van der Waals surface area (Å²) in [6, 6.07) is 9.52. The fourth-order valence-corrected chi connectivity index (χ4v) is 2.58. The summed E-state index contributed by atoms with van der Waals surface area (Å²) < 4.78 is 17.0. The van der Waals surface area contributed by atoms with E-state index >= 15 is 0 Å². The molecule has 2 aliphatic heterocycles. The Balaban J connectivity index is 1.75. The largest absolute Gasteiger partial charge is 0.388 e. The SMILES string of the molecule is C[C@@H]1OC2COC(c3ccccc3)O[C@H]2[C@H](O)C1O. The van der Waals surface area contributed by atoms with Gasteiger partial charge in [-0.05, 0) is 6.92 Å². The van der Waals surface area contributed by atoms with Gasteiger partial charge in [-0.1, -0.05) is 30.3 Å². The van der Waals surface area contributed by atoms with Crippen LogP contribution in [0.1, 0.15) is 18.8 Å². The van der Waals surface area contributed by atoms with Crippen LogP contribution in [0.4, 0.5) is 0 Å². The zero-order valence-electron chi connectivity index (χ0n) is 10.7. The van der Waals surface area contributed by atoms with Crippen LogP contribution in [0.15, 0.2) is 30.3 Å². The lowest BCUT2D eigenvalue weighted by Crippen LogP contribution is -2.60. The third-order valence-corrected chi connectivity index (χ3v) is 3.69. The highest BCUT2D eigenvalue weighted by Crippen LogP contribution is 2.33. The first-order valence-corrected chi connectivity index (χ1v) is 6.50. The Morgan fingerprint density at radius 3 is 2.53 bits per heavy atom. The summed E-state index contributed by atoms with van der Waals surface area (Å²) in [6.45, 7) is 2.08. The molecule has 5 nitrogen and oxygen atoms in total. The van der Waals surface area contributed by atoms with Crippen LogP contribution in [-0.2, 0) is 14.2 Å². The monoisotopic (exact) mass is 266 g/mol. The molecular weight excluding hydrogens is 248 g/mol. The minimum absolute atomic E-state index is 0.339. The molecular formula is C14H18O5. The quantitative estimate of drug-likeness (QED) is 0.779. The van der Waals surface area contributed by atoms with Crippen LogP contribution in [0.3, 0.4) is 0 Å². The summed E-state index contributed by atoms with van der Waals surface area (Å²) >= 11 is 0. The number of aliphatic hydroxyl groups excluding tert-OH is 2. The molecule has 2 heterocycles. The second kappa shape index (κ2) is 5.19. The molecule has 2 N–H and O–H groups in total. The molecule has 0 radical (unpaired) electrons. The summed E-state index contributed by atoms with van der Waals surface area (Å²) in [5.41, 5.74) is 0.890. The highest BCUT2D eigenvalue weighted by atomic mass is 16.7. The van der Waals surface area contributed by atoms with E-state index in [-0.39, 0.29) is 6.10 Å². The minimum atomic E-state index is -0.955. The standard InChI is InChI=1S/C14H18O5/c1-8-11(15)12(16)13-10(18-8)7-17-14(19-13)9-5-3-2-4-6-9/h2-6,8,10-16H,7H2,1H3/t8-,10?,11?,12+,13+,14?/m0/s1. The molecule has 0 aromatic heterocycles. The lowest BCUT2D eigenvalue weighted by Gasteiger charge is -2.45. The van der Waals surface area contributed by atoms with Gasteiger partial charge in [-0.25, -0.2) is 0 Å². The van der Waals surface area contributed by atoms with Crippen molar-refractivity contribution in [1.82, 2.24) is 0 Å². The van der Waals surface area contributed by atoms with E-state index in [4.69, 9.17) is 14.2 Å². The van der Waals surface area contributed by atoms with Crippen LogP contribution in [0, 0.1) is 0 Å². The number of hydrogen-bond acceptors (Lipinski definition) is 5. The molecule has 0 saturated carbocycles. The Kier molecular flexibility index (Phi) is 3.56. The molecule has 3 rings (SSSR count). The number of benzene rings is 1. The van der Waals surface area contributed by atoms with Crippen molar-refractivity contribution in [3.63, 3.8) is 0 Å². The molecule has 6 atom stereocenters. The maximum Gasteiger partial charge on any atom is 0.184 e. The van der Waals surface area contributed by atoms with Crippen LogP contribution >= 0.6 is 0 Å². The van der Waals surface area contributed by atoms with E-state index in [2.05, 4.69) is 0 Å². The third kappa shape index (κ3) is 2.40. The van der Waals surface area contributed by atoms with Gasteiger partial charge in [0.05, 0.1) is 12.7 Å². The Morgan fingerprint density at radius 1 is 1.05 bits per heavy atom. The number of rotatable bonds is 1. The van der Waals surface area contributed by atoms with E-state index in [0.717, 1.165) is 5.56 Å². The first-order valence-electron chi connectivity index (χ1n) is 6.50. The molecule has 2 aliphatic rings. The number of hydrogen-bond donors (Lipinski definition) is 2. The summed E-state index contributed by atoms with van der Waals surface area (Å²) in [5, 5.41) is 19.9. The summed E-state index contributed by atoms with van der Waals surface area (Å²) in [6.07, 6.45) is -3.74. The van der Waals surface area contributed by atoms with E-state index in [1.165, 1.54) is 0 Å². The van der Waals surface area contributed by atoms with Crippen LogP contribution in [0.5, 0.6) is 0 Å². The second-order valence-electron chi connectivity index (χ2n) is 5.04. The van der Waals surface area contributed by atoms with Crippen molar-refractivity contribution in [2.45, 2.75) is 43.7 Å². The number of aliphatic hydroxyl groups is 2. The van der Waals surface area contributed by atoms with Crippen LogP contribution in [0.2, 0.25) is 0 Å². The van der Waals surface area contributed by atoms with Gasteiger partial charge in [0.1, 0.15) is 24.4 Å². The predicted molar refractivity (Wildman–Crippen MR) is 66.4 cm³/mol. The average molecular weight is 266 g/mol. The average Bonchev–Trinajstić information content (AvgIpc) is 2.46. The molecule has 5 heteroatoms. The first kappa shape index (κ1) is 13.0. The van der Waals surface area contributed by atoms with Gasteiger partial charge in [0.25, 0.3) is 0 Å². The minimum Gasteiger partial charge on any atom is -0.388 e. The molecule has 0 bridgehead atoms. The highest BCUT2D eigenvalue weighted by Gasteiger charge is 2.47. The van der Waals surface area contributed by atoms with Crippen molar-refractivity contribution in [2.24, 2.45) is 0 Å². The van der Waals surface area contributed by atoms with Gasteiger partial charge in [0, 0.05) is 5.56 Å². The highest BCUT2D eigenvalue weighted by molar-refractivity contribution is 5.16. The van der Waals surface area contributed by atoms with Gasteiger partial charge >= 0.3 is 0 Å². The van der Waals surface area contributed by atoms with Crippen molar-refractivity contribution in [3.8, 4) is 0 Å². The van der Waals surface area contributed by atoms with Gasteiger partial charge in [-0.3, -0.25) is 0 Å². The first-order chi connectivity index (χ1) is 9.16. The summed E-state index contributed by atoms with van der Waals surface area (Å²) in [4.78, 5) is 0. The molecule has 0 aliphatic carbocycles. The van der Waals surface area contributed by atoms with Crippen molar-refractivity contribution in [2.75, 3.05) is 6.61 Å². The smallest absolute Gasteiger partial charge is 0.184 e. The van der Waals surface area contributed by atoms with Crippen LogP contribution < -0.4 is 0 Å². The maximum atomic E-state index is 10.1. The number of fused-ring (bicyclic) bond motifs is 1. The zero-order chi connectivity index (χ0) is 13.4. The lowest BCUT2D eigenvalue weighted by molar-refractivity contribution is -0.326. The molecule has 2 fully saturated rings. The molecule has 1 aromatic rings. The molecule has 3 unspecified atom stereocenters. The Labute approximate surface area is 111 Å². The molecule has 19 heavy (non-hydrogen) atoms. The molecule has 104 valence electrons. The van der Waals surface area contributed by atoms with Crippen molar-refractivity contribution in [1.29, 1.82) is 0 Å². The van der Waals surface area contributed by atoms with Crippen molar-refractivity contribution in [3.05, 3.63) is 35.9 Å². The van der Waals surface area contributed by atoms with Gasteiger partial charge < -0.3 is 24.4 Å². The van der Waals surface area contributed by atoms with E-state index in [0.29, 0.717) is 6.61 Å². The Morgan fingerprint density at radius 2 is 1.79 bits per heavy atom. The molecule has 1 aromatic carbocycles. The van der Waals surface area contributed by atoms with Crippen LogP contribution in [-0.4, -0.2) is 47.3 Å². The van der Waals surface area contributed by atoms with Gasteiger partial charge in [0.2, 0.25) is 0 Å². The van der Waals surface area contributed by atoms with Gasteiger partial charge in [-0.15, -0.1) is 0 Å². The van der Waals surface area contributed by atoms with Crippen LogP contribution in [0.25, 0.3) is 0 Å². The molecule has 2 saturated heterocycles. The van der Waals surface area contributed by atoms with Crippen molar-refractivity contribution < 1.29 is 24.4 Å². The van der Waals surface area contributed by atoms with E-state index < -0.39 is 30.7 Å². The summed E-state index contributed by atoms with van der Waals surface area (Å²) in [5.74, 6) is 0. The van der Waals surface area contributed by atoms with Gasteiger partial charge in [-0.2, -0.15) is 0 Å². The fourth-order valence-electron chi connectivity index (χ4n) is 2.58. The predicted octanol–water partition coefficient (Wildman–Crippen LogP) is 0.610. The van der Waals surface area contributed by atoms with Crippen molar-refractivity contribution >= 4 is 0 Å². The van der Waals surface area contributed by atoms with E-state index in [9.17, 15) is 10.2 Å². The lowest BCUT2D eigenvalue weighted by atomic mass is 9.95. The summed E-state index contributed by atoms with van der Waals surface area (Å²) in [7, 11) is 0. The van der Waals surface area contributed by atoms with Gasteiger partial charge in [0.15, 0.2) is 6.29 Å². The van der Waals surface area contributed by atoms with E-state index in [1.807, 2.05) is 30.3 Å². The second-order valence-corrected chi connectivity index (χ2v) is 5.04. The molecule has 0 amide bonds. The third-order valence-electron chi connectivity index (χ3n) is 3.69.